The van der Waals surface area contributed by atoms with Crippen molar-refractivity contribution in [3.05, 3.63) is 42.0 Å². The van der Waals surface area contributed by atoms with E-state index in [4.69, 9.17) is 0 Å². The lowest BCUT2D eigenvalue weighted by atomic mass is 10.1. The highest BCUT2D eigenvalue weighted by atomic mass is 79.9. The Kier molecular flexibility index (Phi) is 4.61. The zero-order valence-corrected chi connectivity index (χ0v) is 14.4. The number of alkyl halides is 2. The first kappa shape index (κ1) is 15.6. The van der Waals surface area contributed by atoms with Crippen molar-refractivity contribution in [3.8, 4) is 0 Å². The molecule has 1 aromatic carbocycles. The number of nitrogens with zero attached hydrogens (tertiary/aromatic N) is 1. The molecule has 1 aromatic rings. The smallest absolute Gasteiger partial charge is 0.282 e. The first-order valence-corrected chi connectivity index (χ1v) is 9.00. The molecule has 0 aromatic heterocycles. The molecule has 0 saturated heterocycles. The van der Waals surface area contributed by atoms with Gasteiger partial charge in [-0.15, -0.1) is 0 Å². The van der Waals surface area contributed by atoms with Gasteiger partial charge in [-0.05, 0) is 31.2 Å². The number of hydrogen-bond acceptors (Lipinski definition) is 3. The fourth-order valence-electron chi connectivity index (χ4n) is 1.63. The Labute approximate surface area is 134 Å². The fourth-order valence-corrected chi connectivity index (χ4v) is 3.74. The fraction of sp³-hybridized carbons (Fsp3) is 0.231. The molecule has 0 amide bonds. The molecule has 2 unspecified atom stereocenters. The molecule has 0 fully saturated rings. The first-order chi connectivity index (χ1) is 9.31. The van der Waals surface area contributed by atoms with E-state index in [9.17, 15) is 13.2 Å². The third kappa shape index (κ3) is 3.27. The number of rotatable bonds is 2. The van der Waals surface area contributed by atoms with E-state index in [0.29, 0.717) is 5.71 Å². The van der Waals surface area contributed by atoms with E-state index in [1.54, 1.807) is 12.1 Å². The van der Waals surface area contributed by atoms with E-state index in [-0.39, 0.29) is 10.7 Å². The lowest BCUT2D eigenvalue weighted by Gasteiger charge is -2.18. The van der Waals surface area contributed by atoms with Crippen LogP contribution in [0.4, 0.5) is 0 Å². The second-order valence-electron chi connectivity index (χ2n) is 4.34. The summed E-state index contributed by atoms with van der Waals surface area (Å²) >= 11 is 6.49. The number of carbonyl (C=O) groups excluding carboxylic acids is 1. The van der Waals surface area contributed by atoms with Gasteiger partial charge in [-0.3, -0.25) is 4.79 Å². The zero-order chi connectivity index (χ0) is 14.9. The number of benzene rings is 1. The maximum absolute atomic E-state index is 12.2. The van der Waals surface area contributed by atoms with Crippen LogP contribution in [0, 0.1) is 6.92 Å². The summed E-state index contributed by atoms with van der Waals surface area (Å²) in [5.74, 6) is -0.126. The molecular formula is C13H11Br2NO3S. The summed E-state index contributed by atoms with van der Waals surface area (Å²) in [5.41, 5.74) is 1.27. The van der Waals surface area contributed by atoms with Crippen LogP contribution < -0.4 is 0 Å². The molecule has 7 heteroatoms. The van der Waals surface area contributed by atoms with Crippen molar-refractivity contribution in [3.63, 3.8) is 0 Å². The minimum atomic E-state index is -3.78. The van der Waals surface area contributed by atoms with Crippen LogP contribution in [-0.2, 0) is 14.8 Å². The van der Waals surface area contributed by atoms with Crippen molar-refractivity contribution < 1.29 is 13.2 Å². The Morgan fingerprint density at radius 1 is 1.05 bits per heavy atom. The quantitative estimate of drug-likeness (QED) is 0.691. The Morgan fingerprint density at radius 2 is 1.65 bits per heavy atom. The molecule has 2 atom stereocenters. The van der Waals surface area contributed by atoms with Crippen LogP contribution in [0.25, 0.3) is 0 Å². The number of halogens is 2. The monoisotopic (exact) mass is 419 g/mol. The van der Waals surface area contributed by atoms with Gasteiger partial charge in [0.05, 0.1) is 20.3 Å². The molecule has 0 aliphatic heterocycles. The largest absolute Gasteiger partial charge is 0.294 e. The van der Waals surface area contributed by atoms with Crippen molar-refractivity contribution in [2.24, 2.45) is 4.40 Å². The summed E-state index contributed by atoms with van der Waals surface area (Å²) in [7, 11) is -3.78. The third-order valence-electron chi connectivity index (χ3n) is 2.77. The maximum Gasteiger partial charge on any atom is 0.282 e. The number of sulfonamides is 1. The van der Waals surface area contributed by atoms with E-state index in [0.717, 1.165) is 5.56 Å². The number of allylic oxidation sites excluding steroid dienone is 2. The van der Waals surface area contributed by atoms with Gasteiger partial charge in [0.15, 0.2) is 5.78 Å². The van der Waals surface area contributed by atoms with E-state index in [2.05, 4.69) is 36.3 Å². The van der Waals surface area contributed by atoms with E-state index in [1.807, 2.05) is 6.92 Å². The normalized spacial score (nSPS) is 25.1. The summed E-state index contributed by atoms with van der Waals surface area (Å²) < 4.78 is 28.2. The van der Waals surface area contributed by atoms with Gasteiger partial charge in [0.25, 0.3) is 10.0 Å². The molecule has 4 nitrogen and oxygen atoms in total. The Hall–Kier alpha value is -0.790. The van der Waals surface area contributed by atoms with Gasteiger partial charge in [0.2, 0.25) is 0 Å². The second-order valence-corrected chi connectivity index (χ2v) is 7.92. The molecule has 1 aliphatic carbocycles. The Morgan fingerprint density at radius 3 is 2.25 bits per heavy atom. The summed E-state index contributed by atoms with van der Waals surface area (Å²) in [4.78, 5) is 10.6. The van der Waals surface area contributed by atoms with Gasteiger partial charge in [-0.2, -0.15) is 12.8 Å². The molecule has 0 spiro atoms. The molecule has 1 aliphatic rings. The second kappa shape index (κ2) is 5.91. The standard InChI is InChI=1S/C13H11Br2NO3S/c1-8-2-4-9(5-3-8)20(18,19)16-10-6-7-11(17)13(15)12(10)14/h2-7,12-13H,1H3/b16-10+. The van der Waals surface area contributed by atoms with Gasteiger partial charge in [0.1, 0.15) is 0 Å². The molecule has 2 rings (SSSR count). The van der Waals surface area contributed by atoms with Crippen molar-refractivity contribution in [2.45, 2.75) is 21.5 Å². The van der Waals surface area contributed by atoms with Crippen molar-refractivity contribution >= 4 is 53.4 Å². The average Bonchev–Trinajstić information content (AvgIpc) is 2.40. The molecule has 0 saturated carbocycles. The molecule has 0 N–H and O–H groups in total. The van der Waals surface area contributed by atoms with Crippen molar-refractivity contribution in [1.29, 1.82) is 0 Å². The Balaban J connectivity index is 2.41. The topological polar surface area (TPSA) is 63.6 Å². The molecule has 20 heavy (non-hydrogen) atoms. The third-order valence-corrected chi connectivity index (χ3v) is 6.78. The summed E-state index contributed by atoms with van der Waals surface area (Å²) in [6, 6.07) is 6.46. The van der Waals surface area contributed by atoms with Crippen LogP contribution in [0.5, 0.6) is 0 Å². The van der Waals surface area contributed by atoms with Crippen molar-refractivity contribution in [2.75, 3.05) is 0 Å². The van der Waals surface area contributed by atoms with Crippen LogP contribution in [0.1, 0.15) is 5.56 Å². The highest BCUT2D eigenvalue weighted by molar-refractivity contribution is 9.12. The lowest BCUT2D eigenvalue weighted by molar-refractivity contribution is -0.113. The Bertz CT molecular complexity index is 693. The lowest BCUT2D eigenvalue weighted by Crippen LogP contribution is -2.33. The predicted molar refractivity (Wildman–Crippen MR) is 85.4 cm³/mol. The highest BCUT2D eigenvalue weighted by Crippen LogP contribution is 2.24. The zero-order valence-electron chi connectivity index (χ0n) is 10.5. The molecule has 0 heterocycles. The van der Waals surface area contributed by atoms with E-state index < -0.39 is 19.7 Å². The minimum Gasteiger partial charge on any atom is -0.294 e. The average molecular weight is 421 g/mol. The molecule has 0 radical (unpaired) electrons. The van der Waals surface area contributed by atoms with Gasteiger partial charge in [-0.1, -0.05) is 49.6 Å². The number of aryl methyl sites for hydroxylation is 1. The van der Waals surface area contributed by atoms with Crippen molar-refractivity contribution in [1.82, 2.24) is 0 Å². The minimum absolute atomic E-state index is 0.126. The van der Waals surface area contributed by atoms with E-state index in [1.165, 1.54) is 24.3 Å². The van der Waals surface area contributed by atoms with Crippen LogP contribution in [0.15, 0.2) is 45.7 Å². The van der Waals surface area contributed by atoms with Crippen LogP contribution in [-0.4, -0.2) is 29.6 Å². The first-order valence-electron chi connectivity index (χ1n) is 5.73. The SMILES string of the molecule is Cc1ccc(S(=O)(=O)/N=C2\C=CC(=O)C(Br)C2Br)cc1. The van der Waals surface area contributed by atoms with Crippen LogP contribution in [0.2, 0.25) is 0 Å². The van der Waals surface area contributed by atoms with Gasteiger partial charge in [-0.25, -0.2) is 0 Å². The maximum atomic E-state index is 12.2. The molecule has 0 bridgehead atoms. The number of hydrogen-bond donors (Lipinski definition) is 0. The van der Waals surface area contributed by atoms with Gasteiger partial charge < -0.3 is 0 Å². The molecule has 106 valence electrons. The van der Waals surface area contributed by atoms with E-state index >= 15 is 0 Å². The van der Waals surface area contributed by atoms with Crippen LogP contribution >= 0.6 is 31.9 Å². The summed E-state index contributed by atoms with van der Waals surface area (Å²) in [6.45, 7) is 1.88. The number of carbonyl (C=O) groups is 1. The number of ketones is 1. The summed E-state index contributed by atoms with van der Waals surface area (Å²) in [5, 5.41) is 0. The predicted octanol–water partition coefficient (Wildman–Crippen LogP) is 2.79. The van der Waals surface area contributed by atoms with Gasteiger partial charge >= 0.3 is 0 Å². The van der Waals surface area contributed by atoms with Gasteiger partial charge in [0, 0.05) is 0 Å². The molecular weight excluding hydrogens is 410 g/mol. The van der Waals surface area contributed by atoms with Crippen LogP contribution in [0.3, 0.4) is 0 Å². The highest BCUT2D eigenvalue weighted by Gasteiger charge is 2.30. The summed E-state index contributed by atoms with van der Waals surface area (Å²) in [6.07, 6.45) is 2.74.